The minimum atomic E-state index is -1.30. The van der Waals surface area contributed by atoms with Gasteiger partial charge in [0.05, 0.1) is 0 Å². The van der Waals surface area contributed by atoms with Crippen LogP contribution in [0.1, 0.15) is 5.69 Å². The van der Waals surface area contributed by atoms with Crippen LogP contribution in [-0.4, -0.2) is 70.8 Å². The van der Waals surface area contributed by atoms with Crippen LogP contribution < -0.4 is 22.5 Å². The maximum Gasteiger partial charge on any atom is 0.352 e. The highest BCUT2D eigenvalue weighted by molar-refractivity contribution is 8.02. The van der Waals surface area contributed by atoms with Gasteiger partial charge in [-0.2, -0.15) is 4.98 Å². The largest absolute Gasteiger partial charge is 0.477 e. The van der Waals surface area contributed by atoms with Crippen molar-refractivity contribution in [3.8, 4) is 0 Å². The lowest BCUT2D eigenvalue weighted by Gasteiger charge is -2.49. The van der Waals surface area contributed by atoms with E-state index in [1.807, 2.05) is 0 Å². The number of nitrogens with two attached hydrogens (primary N) is 3. The molecule has 2 aromatic heterocycles. The smallest absolute Gasteiger partial charge is 0.352 e. The maximum atomic E-state index is 12.8. The van der Waals surface area contributed by atoms with Crippen molar-refractivity contribution in [2.45, 2.75) is 16.4 Å². The number of β-lactam (4-membered cyclic amide) rings is 1. The third-order valence-corrected chi connectivity index (χ3v) is 7.93. The number of nitrogen functional groups attached to an aromatic ring is 3. The molecule has 2 aromatic rings. The molecule has 2 aliphatic rings. The van der Waals surface area contributed by atoms with Gasteiger partial charge in [-0.1, -0.05) is 39.9 Å². The average Bonchev–Trinajstić information content (AvgIpc) is 3.14. The summed E-state index contributed by atoms with van der Waals surface area (Å²) in [4.78, 5) is 50.3. The number of fused-ring (bicyclic) bond motifs is 1. The molecule has 0 radical (unpaired) electrons. The van der Waals surface area contributed by atoms with Crippen LogP contribution in [0.5, 0.6) is 0 Å². The zero-order valence-electron chi connectivity index (χ0n) is 17.8. The van der Waals surface area contributed by atoms with Gasteiger partial charge in [-0.05, 0) is 17.1 Å². The van der Waals surface area contributed by atoms with E-state index in [0.29, 0.717) is 10.6 Å². The van der Waals surface area contributed by atoms with E-state index in [2.05, 4.69) is 25.4 Å². The minimum Gasteiger partial charge on any atom is -0.477 e. The third-order valence-electron chi connectivity index (χ3n) is 4.83. The average molecular weight is 570 g/mol. The number of carboxylic acids is 1. The Morgan fingerprint density at radius 2 is 2.06 bits per heavy atom. The summed E-state index contributed by atoms with van der Waals surface area (Å²) in [6.45, 7) is 0. The van der Waals surface area contributed by atoms with Crippen LogP contribution in [0, 0.1) is 0 Å². The number of allylic oxidation sites excluding steroid dienone is 1. The Morgan fingerprint density at radius 1 is 1.31 bits per heavy atom. The second-order valence-corrected chi connectivity index (χ2v) is 10.7. The normalized spacial score (nSPS) is 19.9. The van der Waals surface area contributed by atoms with E-state index in [1.54, 1.807) is 11.5 Å². The molecule has 4 rings (SSSR count). The second kappa shape index (κ2) is 10.2. The molecule has 36 heavy (non-hydrogen) atoms. The molecule has 0 aliphatic carbocycles. The Labute approximate surface area is 219 Å². The Bertz CT molecular complexity index is 1340. The van der Waals surface area contributed by atoms with Crippen molar-refractivity contribution in [1.82, 2.24) is 25.2 Å². The van der Waals surface area contributed by atoms with E-state index in [9.17, 15) is 24.7 Å². The van der Waals surface area contributed by atoms with Crippen molar-refractivity contribution in [1.29, 1.82) is 0 Å². The number of thioether (sulfide) groups is 2. The van der Waals surface area contributed by atoms with E-state index in [1.165, 1.54) is 17.8 Å². The van der Waals surface area contributed by atoms with Crippen LogP contribution in [-0.2, 0) is 14.4 Å². The number of thiazole rings is 1. The summed E-state index contributed by atoms with van der Waals surface area (Å²) >= 11 is 9.25. The molecule has 188 valence electrons. The van der Waals surface area contributed by atoms with Crippen molar-refractivity contribution in [2.24, 2.45) is 5.16 Å². The standard InChI is InChI=1S/C18H16ClN9O5S3/c19-12-8(26-18(22)36-12)9(27-33)13(29)25-10-14(30)28-11(16(31)32)5(4-35-15(10)28)1-2-34-7-3-6(20)23-17(21)24-7/h1-3,10,15,33H,4H2,(H2,22,26)(H,25,29)(H,31,32)(H4,20,21,23,24)/b2-1+,27-9-/t10-,15-/m1/s1. The summed E-state index contributed by atoms with van der Waals surface area (Å²) in [6, 6.07) is 0.447. The number of carboxylic acid groups (broad SMARTS) is 1. The molecular weight excluding hydrogens is 554 g/mol. The number of carbonyl (C=O) groups is 3. The highest BCUT2D eigenvalue weighted by Crippen LogP contribution is 2.41. The van der Waals surface area contributed by atoms with Gasteiger partial charge in [0.2, 0.25) is 5.95 Å². The van der Waals surface area contributed by atoms with Crippen LogP contribution in [0.15, 0.2) is 39.0 Å². The summed E-state index contributed by atoms with van der Waals surface area (Å²) < 4.78 is 0.0294. The number of aliphatic carboxylic acids is 1. The molecule has 14 nitrogen and oxygen atoms in total. The van der Waals surface area contributed by atoms with Gasteiger partial charge in [0, 0.05) is 11.8 Å². The van der Waals surface area contributed by atoms with Crippen LogP contribution in [0.4, 0.5) is 16.9 Å². The fraction of sp³-hybridized carbons (Fsp3) is 0.167. The SMILES string of the molecule is Nc1cc(S/C=C/C2=C(C(=O)O)N3C(=O)[C@@H](NC(=O)/C(=N\O)c4nc(N)sc4Cl)[C@H]3SC2)nc(N)n1. The number of carbonyl (C=O) groups excluding carboxylic acids is 2. The molecule has 1 fully saturated rings. The van der Waals surface area contributed by atoms with Crippen LogP contribution in [0.3, 0.4) is 0 Å². The highest BCUT2D eigenvalue weighted by atomic mass is 35.5. The fourth-order valence-electron chi connectivity index (χ4n) is 3.35. The highest BCUT2D eigenvalue weighted by Gasteiger charge is 2.54. The molecule has 18 heteroatoms. The first-order valence-corrected chi connectivity index (χ1v) is 12.8. The van der Waals surface area contributed by atoms with E-state index in [4.69, 9.17) is 28.8 Å². The van der Waals surface area contributed by atoms with Gasteiger partial charge in [-0.15, -0.1) is 11.8 Å². The molecule has 9 N–H and O–H groups in total. The number of halogens is 1. The van der Waals surface area contributed by atoms with Gasteiger partial charge in [0.15, 0.2) is 10.8 Å². The van der Waals surface area contributed by atoms with Crippen molar-refractivity contribution in [3.63, 3.8) is 0 Å². The summed E-state index contributed by atoms with van der Waals surface area (Å²) in [5.41, 5.74) is 16.3. The molecule has 2 aliphatic heterocycles. The lowest BCUT2D eigenvalue weighted by molar-refractivity contribution is -0.150. The number of aromatic nitrogens is 3. The predicted octanol–water partition coefficient (Wildman–Crippen LogP) is 0.556. The number of amides is 2. The number of nitrogens with zero attached hydrogens (tertiary/aromatic N) is 5. The van der Waals surface area contributed by atoms with E-state index < -0.39 is 34.9 Å². The number of hydrogen-bond donors (Lipinski definition) is 6. The Kier molecular flexibility index (Phi) is 7.25. The van der Waals surface area contributed by atoms with Crippen molar-refractivity contribution < 1.29 is 24.7 Å². The molecule has 2 amide bonds. The van der Waals surface area contributed by atoms with Crippen LogP contribution in [0.25, 0.3) is 0 Å². The van der Waals surface area contributed by atoms with E-state index in [-0.39, 0.29) is 38.4 Å². The lowest BCUT2D eigenvalue weighted by atomic mass is 10.0. The third kappa shape index (κ3) is 4.90. The van der Waals surface area contributed by atoms with Crippen molar-refractivity contribution in [3.05, 3.63) is 38.9 Å². The fourth-order valence-corrected chi connectivity index (χ4v) is 6.31. The topological polar surface area (TPSA) is 236 Å². The Balaban J connectivity index is 1.49. The van der Waals surface area contributed by atoms with Gasteiger partial charge < -0.3 is 32.8 Å². The monoisotopic (exact) mass is 569 g/mol. The quantitative estimate of drug-likeness (QED) is 0.0667. The first-order chi connectivity index (χ1) is 17.1. The molecular formula is C18H16ClN9O5S3. The second-order valence-electron chi connectivity index (χ2n) is 7.07. The molecule has 0 bridgehead atoms. The van der Waals surface area contributed by atoms with Gasteiger partial charge in [-0.3, -0.25) is 14.5 Å². The van der Waals surface area contributed by atoms with Crippen molar-refractivity contribution in [2.75, 3.05) is 23.0 Å². The van der Waals surface area contributed by atoms with Crippen LogP contribution >= 0.6 is 46.5 Å². The molecule has 2 atom stereocenters. The van der Waals surface area contributed by atoms with Crippen LogP contribution in [0.2, 0.25) is 4.34 Å². The lowest BCUT2D eigenvalue weighted by Crippen LogP contribution is -2.71. The first kappa shape index (κ1) is 25.5. The zero-order chi connectivity index (χ0) is 26.1. The summed E-state index contributed by atoms with van der Waals surface area (Å²) in [5, 5.41) is 25.9. The van der Waals surface area contributed by atoms with Crippen molar-refractivity contribution >= 4 is 86.9 Å². The van der Waals surface area contributed by atoms with E-state index >= 15 is 0 Å². The number of anilines is 3. The molecule has 1 saturated heterocycles. The summed E-state index contributed by atoms with van der Waals surface area (Å²) in [5.74, 6) is -2.44. The summed E-state index contributed by atoms with van der Waals surface area (Å²) in [6.07, 6.45) is 1.55. The maximum absolute atomic E-state index is 12.8. The first-order valence-electron chi connectivity index (χ1n) is 9.70. The molecule has 0 saturated carbocycles. The summed E-state index contributed by atoms with van der Waals surface area (Å²) in [7, 11) is 0. The molecule has 4 heterocycles. The molecule has 0 unspecified atom stereocenters. The van der Waals surface area contributed by atoms with Gasteiger partial charge in [0.1, 0.15) is 38.0 Å². The number of hydrogen-bond acceptors (Lipinski definition) is 14. The molecule has 0 spiro atoms. The van der Waals surface area contributed by atoms with Gasteiger partial charge in [-0.25, -0.2) is 14.8 Å². The zero-order valence-corrected chi connectivity index (χ0v) is 21.0. The Morgan fingerprint density at radius 3 is 2.67 bits per heavy atom. The predicted molar refractivity (Wildman–Crippen MR) is 135 cm³/mol. The van der Waals surface area contributed by atoms with Gasteiger partial charge >= 0.3 is 5.97 Å². The van der Waals surface area contributed by atoms with E-state index in [0.717, 1.165) is 28.0 Å². The minimum absolute atomic E-state index is 0.00147. The van der Waals surface area contributed by atoms with Gasteiger partial charge in [0.25, 0.3) is 11.8 Å². The number of rotatable bonds is 7. The number of oxime groups is 1. The molecule has 0 aromatic carbocycles. The Hall–Kier alpha value is -3.54. The number of nitrogens with one attached hydrogen (secondary N) is 1.